The van der Waals surface area contributed by atoms with Gasteiger partial charge in [0, 0.05) is 96.1 Å². The second-order valence-electron chi connectivity index (χ2n) is 20.5. The van der Waals surface area contributed by atoms with Gasteiger partial charge >= 0.3 is 0 Å². The van der Waals surface area contributed by atoms with Crippen molar-refractivity contribution in [3.8, 4) is 0 Å². The summed E-state index contributed by atoms with van der Waals surface area (Å²) in [6.45, 7) is 17.4. The molecule has 0 bridgehead atoms. The summed E-state index contributed by atoms with van der Waals surface area (Å²) in [6.07, 6.45) is 32.4. The predicted octanol–water partition coefficient (Wildman–Crippen LogP) is 8.36. The first-order chi connectivity index (χ1) is 34.5. The minimum atomic E-state index is -0.0341. The van der Waals surface area contributed by atoms with Crippen molar-refractivity contribution in [2.75, 3.05) is 98.2 Å². The van der Waals surface area contributed by atoms with Crippen molar-refractivity contribution in [3.63, 3.8) is 0 Å². The summed E-state index contributed by atoms with van der Waals surface area (Å²) < 4.78 is 0. The lowest BCUT2D eigenvalue weighted by Crippen LogP contribution is -2.49. The molecule has 2 amide bonds. The maximum absolute atomic E-state index is 13.2. The molecule has 70 heavy (non-hydrogen) atoms. The van der Waals surface area contributed by atoms with E-state index in [-0.39, 0.29) is 17.6 Å². The van der Waals surface area contributed by atoms with E-state index in [9.17, 15) is 14.4 Å². The first-order valence-electron chi connectivity index (χ1n) is 28.1. The van der Waals surface area contributed by atoms with Gasteiger partial charge in [-0.2, -0.15) is 0 Å². The van der Waals surface area contributed by atoms with Crippen LogP contribution in [0.5, 0.6) is 0 Å². The Morgan fingerprint density at radius 3 is 1.80 bits per heavy atom. The van der Waals surface area contributed by atoms with Crippen LogP contribution in [0.15, 0.2) is 72.8 Å². The summed E-state index contributed by atoms with van der Waals surface area (Å²) in [6, 6.07) is 16.4. The Balaban J connectivity index is 0.842. The Hall–Kier alpha value is -3.75. The molecule has 6 rings (SSSR count). The molecule has 4 aliphatic rings. The zero-order chi connectivity index (χ0) is 48.9. The highest BCUT2D eigenvalue weighted by Gasteiger charge is 2.33. The summed E-state index contributed by atoms with van der Waals surface area (Å²) in [5.74, 6) is 0.211. The van der Waals surface area contributed by atoms with Crippen molar-refractivity contribution in [1.29, 1.82) is 0 Å². The van der Waals surface area contributed by atoms with Gasteiger partial charge in [0.2, 0.25) is 5.91 Å². The number of hydrogen-bond acceptors (Lipinski definition) is 10. The lowest BCUT2D eigenvalue weighted by Gasteiger charge is -2.40. The third-order valence-electron chi connectivity index (χ3n) is 15.0. The van der Waals surface area contributed by atoms with Crippen LogP contribution in [-0.2, 0) is 17.9 Å². The van der Waals surface area contributed by atoms with E-state index >= 15 is 0 Å². The average Bonchev–Trinajstić information content (AvgIpc) is 4.08. The van der Waals surface area contributed by atoms with Gasteiger partial charge in [-0.15, -0.1) is 0 Å². The van der Waals surface area contributed by atoms with Gasteiger partial charge in [0.05, 0.1) is 18.9 Å². The number of fused-ring (bicyclic) bond motifs is 2. The zero-order valence-corrected chi connectivity index (χ0v) is 43.5. The highest BCUT2D eigenvalue weighted by atomic mass is 16.2. The van der Waals surface area contributed by atoms with Gasteiger partial charge in [0.25, 0.3) is 5.91 Å². The molecule has 0 radical (unpaired) electrons. The van der Waals surface area contributed by atoms with Crippen molar-refractivity contribution in [2.45, 2.75) is 154 Å². The van der Waals surface area contributed by atoms with Gasteiger partial charge in [-0.3, -0.25) is 34.0 Å². The lowest BCUT2D eigenvalue weighted by molar-refractivity contribution is -0.121. The number of amides is 2. The van der Waals surface area contributed by atoms with Crippen LogP contribution in [0.2, 0.25) is 0 Å². The Morgan fingerprint density at radius 1 is 0.557 bits per heavy atom. The maximum Gasteiger partial charge on any atom is 0.251 e. The van der Waals surface area contributed by atoms with Gasteiger partial charge < -0.3 is 26.2 Å². The molecule has 2 unspecified atom stereocenters. The fourth-order valence-electron chi connectivity index (χ4n) is 10.9. The molecule has 0 aliphatic carbocycles. The summed E-state index contributed by atoms with van der Waals surface area (Å²) >= 11 is 0. The molecule has 388 valence electrons. The molecule has 12 heteroatoms. The van der Waals surface area contributed by atoms with Crippen molar-refractivity contribution >= 4 is 17.6 Å². The Morgan fingerprint density at radius 2 is 1.14 bits per heavy atom. The normalized spacial score (nSPS) is 19.1. The molecule has 4 saturated heterocycles. The number of Topliss-reactive ketones (excluding diaryl/α,β-unsaturated/α-hetero) is 1. The number of allylic oxidation sites excluding steroid dienone is 4. The maximum atomic E-state index is 13.2. The molecular weight excluding hydrogens is 871 g/mol. The molecular formula is C58H93N9O3. The highest BCUT2D eigenvalue weighted by Crippen LogP contribution is 2.28. The Kier molecular flexibility index (Phi) is 26.2. The van der Waals surface area contributed by atoms with E-state index in [1.807, 2.05) is 24.3 Å². The van der Waals surface area contributed by atoms with E-state index < -0.39 is 0 Å². The van der Waals surface area contributed by atoms with Gasteiger partial charge in [0.15, 0.2) is 5.78 Å². The molecule has 2 aromatic rings. The quantitative estimate of drug-likeness (QED) is 0.0306. The van der Waals surface area contributed by atoms with Crippen LogP contribution in [-0.4, -0.2) is 153 Å². The van der Waals surface area contributed by atoms with Crippen molar-refractivity contribution in [3.05, 3.63) is 95.1 Å². The fraction of sp³-hybridized carbons (Fsp3) is 0.672. The minimum absolute atomic E-state index is 0.0341. The average molecular weight is 964 g/mol. The summed E-state index contributed by atoms with van der Waals surface area (Å²) in [5, 5.41) is 13.2. The topological polar surface area (TPSA) is 116 Å². The molecule has 12 nitrogen and oxygen atoms in total. The van der Waals surface area contributed by atoms with Gasteiger partial charge in [-0.05, 0) is 133 Å². The largest absolute Gasteiger partial charge is 0.355 e. The van der Waals surface area contributed by atoms with Crippen LogP contribution in [0.3, 0.4) is 0 Å². The number of nitrogens with one attached hydrogen (secondary N) is 4. The first kappa shape index (κ1) is 55.6. The number of nitrogens with zero attached hydrogens (tertiary/aromatic N) is 5. The predicted molar refractivity (Wildman–Crippen MR) is 288 cm³/mol. The number of unbranched alkanes of at least 4 members (excludes halogenated alkanes) is 8. The van der Waals surface area contributed by atoms with Gasteiger partial charge in [0.1, 0.15) is 0 Å². The van der Waals surface area contributed by atoms with Crippen molar-refractivity contribution < 1.29 is 14.4 Å². The number of carbonyl (C=O) groups excluding carboxylic acids is 3. The standard InChI is InChI=1S/C58H93N9O3/c1-2-3-4-5-6-7-8-9-10-11-12-13-14-15-16-22-55(69)61-37-46-63(45-36-60-47-54(68)52-29-25-50(26-30-52)48-66-43-20-41-64-39-17-23-56(64)66)38-19-33-59-34-35-62-58(70)53-31-27-51(28-32-53)49-67-44-21-42-65-40-18-24-57(65)67/h6-7,9-10,25-32,56-57,59-60H,2-5,8,11-24,33-49H2,1H3,(H,61,69)(H,62,70)/b7-6-,10-9-. The van der Waals surface area contributed by atoms with Crippen LogP contribution < -0.4 is 21.3 Å². The van der Waals surface area contributed by atoms with Crippen LogP contribution in [0.1, 0.15) is 161 Å². The summed E-state index contributed by atoms with van der Waals surface area (Å²) in [5.41, 5.74) is 4.00. The number of benzene rings is 2. The SMILES string of the molecule is CCCCC/C=C\C/C=C\CCCCCCCC(=O)NCCN(CCCNCCNC(=O)c1ccc(CN2CCCN3CCCC32)cc1)CCNCC(=O)c1ccc(CN2CCCN3CCCC32)cc1. The Bertz CT molecular complexity index is 1840. The first-order valence-corrected chi connectivity index (χ1v) is 28.1. The van der Waals surface area contributed by atoms with Gasteiger partial charge in [-0.25, -0.2) is 0 Å². The lowest BCUT2D eigenvalue weighted by atomic mass is 10.1. The zero-order valence-electron chi connectivity index (χ0n) is 43.5. The summed E-state index contributed by atoms with van der Waals surface area (Å²) in [4.78, 5) is 51.7. The van der Waals surface area contributed by atoms with Gasteiger partial charge in [-0.1, -0.05) is 99.7 Å². The number of carbonyl (C=O) groups is 3. The molecule has 0 spiro atoms. The monoisotopic (exact) mass is 964 g/mol. The highest BCUT2D eigenvalue weighted by molar-refractivity contribution is 5.97. The fourth-order valence-corrected chi connectivity index (χ4v) is 10.9. The van der Waals surface area contributed by atoms with Crippen molar-refractivity contribution in [2.24, 2.45) is 0 Å². The molecule has 4 N–H and O–H groups in total. The molecule has 2 aromatic carbocycles. The molecule has 0 aromatic heterocycles. The smallest absolute Gasteiger partial charge is 0.251 e. The molecule has 4 aliphatic heterocycles. The van der Waals surface area contributed by atoms with Crippen LogP contribution >= 0.6 is 0 Å². The van der Waals surface area contributed by atoms with Crippen LogP contribution in [0.25, 0.3) is 0 Å². The Labute approximate surface area is 423 Å². The molecule has 4 fully saturated rings. The third-order valence-corrected chi connectivity index (χ3v) is 15.0. The van der Waals surface area contributed by atoms with Crippen LogP contribution in [0, 0.1) is 0 Å². The number of rotatable bonds is 35. The van der Waals surface area contributed by atoms with Crippen LogP contribution in [0.4, 0.5) is 0 Å². The van der Waals surface area contributed by atoms with E-state index in [1.54, 1.807) is 0 Å². The van der Waals surface area contributed by atoms with E-state index in [0.29, 0.717) is 57.0 Å². The molecule has 0 saturated carbocycles. The molecule has 4 heterocycles. The third kappa shape index (κ3) is 20.4. The van der Waals surface area contributed by atoms with E-state index in [0.717, 1.165) is 90.0 Å². The van der Waals surface area contributed by atoms with E-state index in [2.05, 4.69) is 101 Å². The second kappa shape index (κ2) is 33.1. The number of ketones is 1. The minimum Gasteiger partial charge on any atom is -0.355 e. The van der Waals surface area contributed by atoms with E-state index in [4.69, 9.17) is 0 Å². The summed E-state index contributed by atoms with van der Waals surface area (Å²) in [7, 11) is 0. The molecule has 2 atom stereocenters. The second-order valence-corrected chi connectivity index (χ2v) is 20.5. The van der Waals surface area contributed by atoms with Crippen molar-refractivity contribution in [1.82, 2.24) is 45.8 Å². The number of hydrogen-bond donors (Lipinski definition) is 4. The van der Waals surface area contributed by atoms with E-state index in [1.165, 1.54) is 121 Å².